The molecular weight excluding hydrogens is 558 g/mol. The van der Waals surface area contributed by atoms with Crippen molar-refractivity contribution in [2.45, 2.75) is 26.2 Å². The first kappa shape index (κ1) is 26.8. The van der Waals surface area contributed by atoms with E-state index >= 15 is 0 Å². The predicted octanol–water partition coefficient (Wildman–Crippen LogP) is 12.5. The number of hydrogen-bond donors (Lipinski definition) is 0. The lowest BCUT2D eigenvalue weighted by molar-refractivity contribution is 0.660. The molecule has 1 aliphatic carbocycles. The molecule has 0 atom stereocenters. The molecule has 2 nitrogen and oxygen atoms in total. The summed E-state index contributed by atoms with van der Waals surface area (Å²) in [5.41, 5.74) is 14.1. The molecule has 8 aromatic rings. The van der Waals surface area contributed by atoms with Crippen LogP contribution in [0.4, 0.5) is 17.1 Å². The normalized spacial score (nSPS) is 13.3. The third-order valence-electron chi connectivity index (χ3n) is 9.99. The van der Waals surface area contributed by atoms with E-state index in [1.807, 2.05) is 0 Å². The van der Waals surface area contributed by atoms with Crippen LogP contribution < -0.4 is 4.90 Å². The molecule has 0 spiro atoms. The fourth-order valence-electron chi connectivity index (χ4n) is 7.75. The maximum Gasteiger partial charge on any atom is 0.143 e. The van der Waals surface area contributed by atoms with Crippen LogP contribution in [-0.2, 0) is 5.41 Å². The van der Waals surface area contributed by atoms with Gasteiger partial charge in [-0.2, -0.15) is 0 Å². The van der Waals surface area contributed by atoms with Gasteiger partial charge in [-0.1, -0.05) is 129 Å². The van der Waals surface area contributed by atoms with E-state index in [0.717, 1.165) is 38.7 Å². The van der Waals surface area contributed by atoms with Gasteiger partial charge in [0, 0.05) is 38.2 Å². The number of fused-ring (bicyclic) bond motifs is 8. The lowest BCUT2D eigenvalue weighted by atomic mass is 9.82. The fourth-order valence-corrected chi connectivity index (χ4v) is 7.75. The number of furan rings is 1. The van der Waals surface area contributed by atoms with Gasteiger partial charge in [-0.3, -0.25) is 0 Å². The molecule has 0 saturated heterocycles. The van der Waals surface area contributed by atoms with Crippen LogP contribution in [0.15, 0.2) is 150 Å². The van der Waals surface area contributed by atoms with Crippen molar-refractivity contribution in [3.8, 4) is 22.3 Å². The summed E-state index contributed by atoms with van der Waals surface area (Å²) in [5, 5.41) is 4.58. The standard InChI is InChI=1S/C44H33NO/c1-28-13-11-22-40-41(28)35-27-39(32-16-7-8-17-33(32)43(35)46-40)45(31-25-23-30(24-26-31)29-14-5-4-6-15-29)38-21-12-20-37-42(38)34-18-9-10-19-36(34)44(37,2)3/h4-27H,1-3H3. The predicted molar refractivity (Wildman–Crippen MR) is 194 cm³/mol. The highest BCUT2D eigenvalue weighted by Crippen LogP contribution is 2.55. The minimum absolute atomic E-state index is 0.103. The van der Waals surface area contributed by atoms with Crippen LogP contribution in [0, 0.1) is 6.92 Å². The Balaban J connectivity index is 1.38. The van der Waals surface area contributed by atoms with E-state index in [-0.39, 0.29) is 5.41 Å². The molecule has 0 N–H and O–H groups in total. The number of aryl methyl sites for hydroxylation is 1. The van der Waals surface area contributed by atoms with Crippen LogP contribution in [0.1, 0.15) is 30.5 Å². The van der Waals surface area contributed by atoms with Gasteiger partial charge in [0.2, 0.25) is 0 Å². The molecule has 46 heavy (non-hydrogen) atoms. The van der Waals surface area contributed by atoms with Crippen LogP contribution in [0.25, 0.3) is 55.0 Å². The molecule has 0 amide bonds. The molecule has 220 valence electrons. The van der Waals surface area contributed by atoms with Crippen molar-refractivity contribution >= 4 is 49.8 Å². The Kier molecular flexibility index (Phi) is 5.79. The summed E-state index contributed by atoms with van der Waals surface area (Å²) in [6.45, 7) is 6.87. The SMILES string of the molecule is Cc1cccc2oc3c4ccccc4c(N(c4ccc(-c5ccccc5)cc4)c4cccc5c4-c4ccccc4C5(C)C)cc3c12. The third kappa shape index (κ3) is 3.83. The molecule has 0 bridgehead atoms. The lowest BCUT2D eigenvalue weighted by Crippen LogP contribution is -2.16. The number of nitrogens with zero attached hydrogens (tertiary/aromatic N) is 1. The van der Waals surface area contributed by atoms with E-state index in [0.29, 0.717) is 0 Å². The highest BCUT2D eigenvalue weighted by Gasteiger charge is 2.38. The van der Waals surface area contributed by atoms with Crippen molar-refractivity contribution in [2.24, 2.45) is 0 Å². The Labute approximate surface area is 269 Å². The van der Waals surface area contributed by atoms with Gasteiger partial charge in [0.1, 0.15) is 11.2 Å². The van der Waals surface area contributed by atoms with E-state index in [9.17, 15) is 0 Å². The van der Waals surface area contributed by atoms with E-state index < -0.39 is 0 Å². The van der Waals surface area contributed by atoms with E-state index in [1.54, 1.807) is 0 Å². The molecule has 0 fully saturated rings. The summed E-state index contributed by atoms with van der Waals surface area (Å²) < 4.78 is 6.59. The van der Waals surface area contributed by atoms with Gasteiger partial charge in [0.15, 0.2) is 0 Å². The smallest absolute Gasteiger partial charge is 0.143 e. The molecule has 1 aliphatic rings. The van der Waals surface area contributed by atoms with Crippen LogP contribution >= 0.6 is 0 Å². The monoisotopic (exact) mass is 591 g/mol. The second-order valence-electron chi connectivity index (χ2n) is 13.0. The zero-order chi connectivity index (χ0) is 31.0. The second-order valence-corrected chi connectivity index (χ2v) is 13.0. The number of benzene rings is 7. The number of anilines is 3. The summed E-state index contributed by atoms with van der Waals surface area (Å²) in [5.74, 6) is 0. The first-order valence-electron chi connectivity index (χ1n) is 16.0. The summed E-state index contributed by atoms with van der Waals surface area (Å²) in [6, 6.07) is 52.8. The first-order valence-corrected chi connectivity index (χ1v) is 16.0. The van der Waals surface area contributed by atoms with Crippen molar-refractivity contribution in [1.82, 2.24) is 0 Å². The molecule has 7 aromatic carbocycles. The maximum atomic E-state index is 6.59. The Hall–Kier alpha value is -5.60. The quantitative estimate of drug-likeness (QED) is 0.202. The largest absolute Gasteiger partial charge is 0.455 e. The second kappa shape index (κ2) is 9.95. The zero-order valence-corrected chi connectivity index (χ0v) is 26.2. The van der Waals surface area contributed by atoms with E-state index in [1.165, 1.54) is 50.0 Å². The Morgan fingerprint density at radius 1 is 0.543 bits per heavy atom. The molecule has 1 aromatic heterocycles. The molecule has 1 heterocycles. The van der Waals surface area contributed by atoms with E-state index in [2.05, 4.69) is 171 Å². The van der Waals surface area contributed by atoms with Crippen molar-refractivity contribution in [2.75, 3.05) is 4.90 Å². The van der Waals surface area contributed by atoms with Crippen LogP contribution in [0.5, 0.6) is 0 Å². The van der Waals surface area contributed by atoms with Gasteiger partial charge >= 0.3 is 0 Å². The maximum absolute atomic E-state index is 6.59. The molecule has 0 aliphatic heterocycles. The Morgan fingerprint density at radius 3 is 2.04 bits per heavy atom. The molecule has 9 rings (SSSR count). The van der Waals surface area contributed by atoms with Gasteiger partial charge in [0.05, 0.1) is 11.4 Å². The van der Waals surface area contributed by atoms with Gasteiger partial charge in [-0.05, 0) is 70.6 Å². The molecule has 0 radical (unpaired) electrons. The first-order chi connectivity index (χ1) is 22.5. The molecular formula is C44H33NO. The lowest BCUT2D eigenvalue weighted by Gasteiger charge is -2.30. The molecule has 2 heteroatoms. The molecule has 0 unspecified atom stereocenters. The van der Waals surface area contributed by atoms with Gasteiger partial charge in [0.25, 0.3) is 0 Å². The van der Waals surface area contributed by atoms with Crippen molar-refractivity contribution in [1.29, 1.82) is 0 Å². The average Bonchev–Trinajstić information content (AvgIpc) is 3.59. The topological polar surface area (TPSA) is 16.4 Å². The number of rotatable bonds is 4. The molecule has 0 saturated carbocycles. The van der Waals surface area contributed by atoms with Crippen LogP contribution in [-0.4, -0.2) is 0 Å². The van der Waals surface area contributed by atoms with Crippen molar-refractivity contribution in [3.05, 3.63) is 162 Å². The summed E-state index contributed by atoms with van der Waals surface area (Å²) in [6.07, 6.45) is 0. The van der Waals surface area contributed by atoms with Gasteiger partial charge in [-0.25, -0.2) is 0 Å². The third-order valence-corrected chi connectivity index (χ3v) is 9.99. The highest BCUT2D eigenvalue weighted by atomic mass is 16.3. The van der Waals surface area contributed by atoms with Crippen molar-refractivity contribution < 1.29 is 4.42 Å². The summed E-state index contributed by atoms with van der Waals surface area (Å²) >= 11 is 0. The zero-order valence-electron chi connectivity index (χ0n) is 26.2. The minimum Gasteiger partial charge on any atom is -0.455 e. The highest BCUT2D eigenvalue weighted by molar-refractivity contribution is 6.20. The number of hydrogen-bond acceptors (Lipinski definition) is 2. The van der Waals surface area contributed by atoms with Crippen molar-refractivity contribution in [3.63, 3.8) is 0 Å². The Bertz CT molecular complexity index is 2450. The van der Waals surface area contributed by atoms with Gasteiger partial charge < -0.3 is 9.32 Å². The fraction of sp³-hybridized carbons (Fsp3) is 0.0909. The van der Waals surface area contributed by atoms with Crippen LogP contribution in [0.3, 0.4) is 0 Å². The average molecular weight is 592 g/mol. The Morgan fingerprint density at radius 2 is 1.22 bits per heavy atom. The minimum atomic E-state index is -0.103. The summed E-state index contributed by atoms with van der Waals surface area (Å²) in [4.78, 5) is 2.48. The summed E-state index contributed by atoms with van der Waals surface area (Å²) in [7, 11) is 0. The van der Waals surface area contributed by atoms with Crippen LogP contribution in [0.2, 0.25) is 0 Å². The van der Waals surface area contributed by atoms with E-state index in [4.69, 9.17) is 4.42 Å². The van der Waals surface area contributed by atoms with Gasteiger partial charge in [-0.15, -0.1) is 0 Å².